The number of pyridine rings is 1. The maximum atomic E-state index is 9.69. The van der Waals surface area contributed by atoms with E-state index < -0.39 is 0 Å². The van der Waals surface area contributed by atoms with Crippen LogP contribution in [0.1, 0.15) is 62.6 Å². The van der Waals surface area contributed by atoms with Gasteiger partial charge in [-0.2, -0.15) is 5.26 Å². The number of anilines is 1. The number of piperidine rings is 1. The van der Waals surface area contributed by atoms with Gasteiger partial charge in [-0.1, -0.05) is 25.6 Å². The number of rotatable bonds is 3. The highest BCUT2D eigenvalue weighted by Gasteiger charge is 2.30. The molecule has 4 heteroatoms. The number of nitrogens with one attached hydrogen (secondary N) is 1. The summed E-state index contributed by atoms with van der Waals surface area (Å²) < 4.78 is 0. The van der Waals surface area contributed by atoms with Crippen molar-refractivity contribution < 1.29 is 4.98 Å². The van der Waals surface area contributed by atoms with Gasteiger partial charge in [0.1, 0.15) is 11.6 Å². The number of nitriles is 1. The third kappa shape index (κ3) is 3.10. The van der Waals surface area contributed by atoms with E-state index in [0.717, 1.165) is 36.5 Å². The molecule has 1 fully saturated rings. The lowest BCUT2D eigenvalue weighted by Crippen LogP contribution is -2.37. The molecule has 0 spiro atoms. The predicted octanol–water partition coefficient (Wildman–Crippen LogP) is 3.74. The van der Waals surface area contributed by atoms with Gasteiger partial charge in [-0.15, -0.1) is 0 Å². The average Bonchev–Trinajstić information content (AvgIpc) is 2.54. The number of hydrogen-bond donors (Lipinski definition) is 0. The minimum absolute atomic E-state index is 0.485. The number of aromatic amines is 1. The van der Waals surface area contributed by atoms with Gasteiger partial charge < -0.3 is 0 Å². The number of thioether (sulfide) groups is 1. The molecule has 118 valence electrons. The summed E-state index contributed by atoms with van der Waals surface area (Å²) in [6, 6.07) is 2.49. The second-order valence-electron chi connectivity index (χ2n) is 6.67. The largest absolute Gasteiger partial charge is 0.278 e. The second kappa shape index (κ2) is 6.91. The topological polar surface area (TPSA) is 41.2 Å². The SMILES string of the molecule is CC(C)Sc1[nH+]c(N2CCCCC2)c2c(c1C#N)CCCC2. The average molecular weight is 316 g/mol. The lowest BCUT2D eigenvalue weighted by atomic mass is 9.89. The van der Waals surface area contributed by atoms with E-state index in [1.807, 2.05) is 0 Å². The van der Waals surface area contributed by atoms with Gasteiger partial charge in [0.05, 0.1) is 13.1 Å². The Labute approximate surface area is 138 Å². The zero-order chi connectivity index (χ0) is 15.5. The van der Waals surface area contributed by atoms with E-state index in [1.54, 1.807) is 11.8 Å². The fraction of sp³-hybridized carbons (Fsp3) is 0.667. The first-order valence-electron chi connectivity index (χ1n) is 8.63. The normalized spacial score (nSPS) is 18.2. The van der Waals surface area contributed by atoms with Gasteiger partial charge in [-0.3, -0.25) is 4.90 Å². The van der Waals surface area contributed by atoms with Crippen molar-refractivity contribution in [2.24, 2.45) is 0 Å². The Balaban J connectivity index is 2.09. The second-order valence-corrected chi connectivity index (χ2v) is 8.25. The molecule has 0 radical (unpaired) electrons. The Morgan fingerprint density at radius 1 is 1.05 bits per heavy atom. The van der Waals surface area contributed by atoms with Crippen LogP contribution in [0.2, 0.25) is 0 Å². The molecule has 1 aromatic rings. The predicted molar refractivity (Wildman–Crippen MR) is 91.4 cm³/mol. The summed E-state index contributed by atoms with van der Waals surface area (Å²) in [6.45, 7) is 6.70. The van der Waals surface area contributed by atoms with Crippen LogP contribution in [0.3, 0.4) is 0 Å². The monoisotopic (exact) mass is 316 g/mol. The lowest BCUT2D eigenvalue weighted by molar-refractivity contribution is -0.414. The van der Waals surface area contributed by atoms with Crippen LogP contribution in [0.5, 0.6) is 0 Å². The summed E-state index contributed by atoms with van der Waals surface area (Å²) in [5.74, 6) is 1.32. The standard InChI is InChI=1S/C18H25N3S/c1-13(2)22-18-16(12-19)14-8-4-5-9-15(14)17(20-18)21-10-6-3-7-11-21/h13H,3-11H2,1-2H3/p+1. The summed E-state index contributed by atoms with van der Waals surface area (Å²) in [5.41, 5.74) is 3.67. The summed E-state index contributed by atoms with van der Waals surface area (Å²) in [6.07, 6.45) is 8.59. The van der Waals surface area contributed by atoms with Crippen LogP contribution < -0.4 is 9.88 Å². The van der Waals surface area contributed by atoms with E-state index in [2.05, 4.69) is 29.8 Å². The van der Waals surface area contributed by atoms with Gasteiger partial charge in [0.2, 0.25) is 0 Å². The first-order valence-corrected chi connectivity index (χ1v) is 9.51. The molecule has 1 aromatic heterocycles. The third-order valence-electron chi connectivity index (χ3n) is 4.65. The summed E-state index contributed by atoms with van der Waals surface area (Å²) >= 11 is 1.80. The summed E-state index contributed by atoms with van der Waals surface area (Å²) in [7, 11) is 0. The Hall–Kier alpha value is -1.21. The molecule has 2 heterocycles. The number of fused-ring (bicyclic) bond motifs is 1. The molecule has 3 nitrogen and oxygen atoms in total. The number of nitrogens with zero attached hydrogens (tertiary/aromatic N) is 2. The summed E-state index contributed by atoms with van der Waals surface area (Å²) in [4.78, 5) is 6.19. The van der Waals surface area contributed by atoms with Gasteiger partial charge >= 0.3 is 0 Å². The van der Waals surface area contributed by atoms with Crippen LogP contribution >= 0.6 is 11.8 Å². The van der Waals surface area contributed by atoms with Crippen molar-refractivity contribution in [1.82, 2.24) is 0 Å². The minimum Gasteiger partial charge on any atom is -0.262 e. The van der Waals surface area contributed by atoms with Crippen LogP contribution in [-0.2, 0) is 12.8 Å². The quantitative estimate of drug-likeness (QED) is 0.798. The van der Waals surface area contributed by atoms with Crippen molar-refractivity contribution in [3.8, 4) is 6.07 Å². The van der Waals surface area contributed by atoms with E-state index in [1.165, 1.54) is 49.0 Å². The first-order chi connectivity index (χ1) is 10.7. The van der Waals surface area contributed by atoms with E-state index >= 15 is 0 Å². The molecular weight excluding hydrogens is 290 g/mol. The van der Waals surface area contributed by atoms with E-state index in [4.69, 9.17) is 0 Å². The molecule has 22 heavy (non-hydrogen) atoms. The van der Waals surface area contributed by atoms with Crippen LogP contribution in [-0.4, -0.2) is 18.3 Å². The van der Waals surface area contributed by atoms with Gasteiger partial charge in [0, 0.05) is 10.8 Å². The molecule has 0 unspecified atom stereocenters. The number of aromatic nitrogens is 1. The molecular formula is C18H26N3S+. The highest BCUT2D eigenvalue weighted by atomic mass is 32.2. The maximum absolute atomic E-state index is 9.69. The van der Waals surface area contributed by atoms with Gasteiger partial charge in [-0.25, -0.2) is 4.98 Å². The molecule has 0 amide bonds. The fourth-order valence-electron chi connectivity index (χ4n) is 3.65. The number of hydrogen-bond acceptors (Lipinski definition) is 3. The van der Waals surface area contributed by atoms with Crippen molar-refractivity contribution in [3.63, 3.8) is 0 Å². The highest BCUT2D eigenvalue weighted by Crippen LogP contribution is 2.35. The minimum atomic E-state index is 0.485. The number of H-pyrrole nitrogens is 1. The van der Waals surface area contributed by atoms with Gasteiger partial charge in [0.25, 0.3) is 5.82 Å². The van der Waals surface area contributed by atoms with Gasteiger partial charge in [-0.05, 0) is 50.5 Å². The van der Waals surface area contributed by atoms with E-state index in [-0.39, 0.29) is 0 Å². The smallest absolute Gasteiger partial charge is 0.262 e. The van der Waals surface area contributed by atoms with Gasteiger partial charge in [0.15, 0.2) is 5.03 Å². The fourth-order valence-corrected chi connectivity index (χ4v) is 4.57. The van der Waals surface area contributed by atoms with Crippen molar-refractivity contribution in [2.75, 3.05) is 18.0 Å². The lowest BCUT2D eigenvalue weighted by Gasteiger charge is -2.27. The van der Waals surface area contributed by atoms with E-state index in [9.17, 15) is 5.26 Å². The van der Waals surface area contributed by atoms with Crippen LogP contribution in [0.25, 0.3) is 0 Å². The van der Waals surface area contributed by atoms with Crippen LogP contribution in [0.4, 0.5) is 5.82 Å². The van der Waals surface area contributed by atoms with Crippen molar-refractivity contribution in [2.45, 2.75) is 69.1 Å². The molecule has 1 aliphatic heterocycles. The molecule has 1 N–H and O–H groups in total. The molecule has 0 bridgehead atoms. The molecule has 1 saturated heterocycles. The Kier molecular flexibility index (Phi) is 4.93. The van der Waals surface area contributed by atoms with Crippen LogP contribution in [0, 0.1) is 11.3 Å². The molecule has 2 aliphatic rings. The zero-order valence-electron chi connectivity index (χ0n) is 13.7. The third-order valence-corrected chi connectivity index (χ3v) is 5.67. The van der Waals surface area contributed by atoms with Crippen molar-refractivity contribution in [1.29, 1.82) is 5.26 Å². The summed E-state index contributed by atoms with van der Waals surface area (Å²) in [5, 5.41) is 11.3. The maximum Gasteiger partial charge on any atom is 0.278 e. The molecule has 1 aliphatic carbocycles. The van der Waals surface area contributed by atoms with E-state index in [0.29, 0.717) is 5.25 Å². The Morgan fingerprint density at radius 3 is 2.36 bits per heavy atom. The Morgan fingerprint density at radius 2 is 1.73 bits per heavy atom. The molecule has 0 atom stereocenters. The molecule has 0 saturated carbocycles. The zero-order valence-corrected chi connectivity index (χ0v) is 14.6. The van der Waals surface area contributed by atoms with Crippen LogP contribution in [0.15, 0.2) is 5.03 Å². The molecule has 3 rings (SSSR count). The van der Waals surface area contributed by atoms with Crippen molar-refractivity contribution in [3.05, 3.63) is 16.7 Å². The Bertz CT molecular complexity index is 583. The highest BCUT2D eigenvalue weighted by molar-refractivity contribution is 7.99. The first kappa shape index (κ1) is 15.7. The molecule has 0 aromatic carbocycles. The van der Waals surface area contributed by atoms with Crippen molar-refractivity contribution >= 4 is 17.6 Å².